The third kappa shape index (κ3) is 3.39. The molecule has 0 spiro atoms. The van der Waals surface area contributed by atoms with E-state index in [1.165, 1.54) is 19.4 Å². The lowest BCUT2D eigenvalue weighted by Crippen LogP contribution is -2.46. The molecule has 1 aromatic heterocycles. The Morgan fingerprint density at radius 2 is 1.96 bits per heavy atom. The van der Waals surface area contributed by atoms with Gasteiger partial charge in [-0.1, -0.05) is 32.0 Å². The number of rotatable bonds is 4. The minimum absolute atomic E-state index is 0.183. The van der Waals surface area contributed by atoms with Crippen LogP contribution in [0, 0.1) is 11.8 Å². The van der Waals surface area contributed by atoms with Crippen molar-refractivity contribution in [3.05, 3.63) is 36.0 Å². The van der Waals surface area contributed by atoms with E-state index in [0.717, 1.165) is 48.6 Å². The average molecular weight is 354 g/mol. The smallest absolute Gasteiger partial charge is 0.270 e. The molecule has 0 radical (unpaired) electrons. The Kier molecular flexibility index (Phi) is 4.78. The molecule has 0 bridgehead atoms. The number of nitrogens with zero attached hydrogens (tertiary/aromatic N) is 3. The Morgan fingerprint density at radius 3 is 2.65 bits per heavy atom. The second-order valence-corrected chi connectivity index (χ2v) is 8.50. The van der Waals surface area contributed by atoms with E-state index in [-0.39, 0.29) is 5.91 Å². The first-order valence-electron chi connectivity index (χ1n) is 10.1. The van der Waals surface area contributed by atoms with Crippen LogP contribution in [-0.2, 0) is 7.05 Å². The number of hydrogen-bond acceptors (Lipinski definition) is 2. The predicted molar refractivity (Wildman–Crippen MR) is 106 cm³/mol. The SMILES string of the molecule is CC(C)[C@H]1CN(C(=O)c2cc3ccccc3n2C)CCCN1CC1CC1. The first kappa shape index (κ1) is 17.6. The van der Waals surface area contributed by atoms with Crippen LogP contribution in [0.1, 0.15) is 43.6 Å². The molecular formula is C22H31N3O. The van der Waals surface area contributed by atoms with Crippen LogP contribution in [0.5, 0.6) is 0 Å². The highest BCUT2D eigenvalue weighted by molar-refractivity contribution is 5.98. The summed E-state index contributed by atoms with van der Waals surface area (Å²) in [6, 6.07) is 10.8. The largest absolute Gasteiger partial charge is 0.340 e. The zero-order valence-electron chi connectivity index (χ0n) is 16.3. The van der Waals surface area contributed by atoms with Crippen LogP contribution in [0.4, 0.5) is 0 Å². The molecule has 1 atom stereocenters. The fraction of sp³-hybridized carbons (Fsp3) is 0.591. The number of para-hydroxylation sites is 1. The number of fused-ring (bicyclic) bond motifs is 1. The van der Waals surface area contributed by atoms with E-state index in [9.17, 15) is 4.79 Å². The van der Waals surface area contributed by atoms with Crippen LogP contribution < -0.4 is 0 Å². The molecule has 1 aliphatic heterocycles. The highest BCUT2D eigenvalue weighted by atomic mass is 16.2. The summed E-state index contributed by atoms with van der Waals surface area (Å²) in [6.07, 6.45) is 3.85. The molecule has 2 aromatic rings. The van der Waals surface area contributed by atoms with Gasteiger partial charge < -0.3 is 9.47 Å². The minimum atomic E-state index is 0.183. The molecule has 2 fully saturated rings. The van der Waals surface area contributed by atoms with Gasteiger partial charge in [-0.2, -0.15) is 0 Å². The molecule has 26 heavy (non-hydrogen) atoms. The molecule has 4 nitrogen and oxygen atoms in total. The lowest BCUT2D eigenvalue weighted by atomic mass is 10.0. The van der Waals surface area contributed by atoms with Gasteiger partial charge in [0.15, 0.2) is 0 Å². The van der Waals surface area contributed by atoms with Crippen LogP contribution in [0.25, 0.3) is 10.9 Å². The lowest BCUT2D eigenvalue weighted by molar-refractivity contribution is 0.0695. The van der Waals surface area contributed by atoms with Crippen molar-refractivity contribution in [1.82, 2.24) is 14.4 Å². The van der Waals surface area contributed by atoms with Gasteiger partial charge in [0.25, 0.3) is 5.91 Å². The fourth-order valence-electron chi connectivity index (χ4n) is 4.39. The summed E-state index contributed by atoms with van der Waals surface area (Å²) in [7, 11) is 2.01. The number of aromatic nitrogens is 1. The summed E-state index contributed by atoms with van der Waals surface area (Å²) in [4.78, 5) is 18.1. The van der Waals surface area contributed by atoms with Crippen molar-refractivity contribution in [2.45, 2.75) is 39.2 Å². The number of carbonyl (C=O) groups is 1. The van der Waals surface area contributed by atoms with Gasteiger partial charge >= 0.3 is 0 Å². The van der Waals surface area contributed by atoms with E-state index in [0.29, 0.717) is 12.0 Å². The maximum Gasteiger partial charge on any atom is 0.270 e. The van der Waals surface area contributed by atoms with Crippen molar-refractivity contribution in [2.24, 2.45) is 18.9 Å². The van der Waals surface area contributed by atoms with Crippen molar-refractivity contribution in [1.29, 1.82) is 0 Å². The summed E-state index contributed by atoms with van der Waals surface area (Å²) in [6.45, 7) is 8.66. The Hall–Kier alpha value is -1.81. The number of aryl methyl sites for hydroxylation is 1. The van der Waals surface area contributed by atoms with E-state index in [2.05, 4.69) is 46.4 Å². The van der Waals surface area contributed by atoms with Gasteiger partial charge in [0.05, 0.1) is 0 Å². The third-order valence-electron chi connectivity index (χ3n) is 6.17. The molecule has 1 aromatic carbocycles. The molecule has 1 saturated carbocycles. The van der Waals surface area contributed by atoms with Gasteiger partial charge in [-0.3, -0.25) is 9.69 Å². The van der Waals surface area contributed by atoms with E-state index < -0.39 is 0 Å². The van der Waals surface area contributed by atoms with Crippen LogP contribution in [0.3, 0.4) is 0 Å². The molecular weight excluding hydrogens is 322 g/mol. The number of benzene rings is 1. The van der Waals surface area contributed by atoms with Crippen molar-refractivity contribution in [3.8, 4) is 0 Å². The standard InChI is InChI=1S/C22H31N3O/c1-16(2)21-15-25(12-6-11-24(21)14-17-9-10-17)22(26)20-13-18-7-4-5-8-19(18)23(20)3/h4-5,7-8,13,16-17,21H,6,9-12,14-15H2,1-3H3/t21-/m1/s1. The highest BCUT2D eigenvalue weighted by Gasteiger charge is 2.34. The van der Waals surface area contributed by atoms with E-state index in [1.807, 2.05) is 19.2 Å². The van der Waals surface area contributed by atoms with Gasteiger partial charge in [-0.05, 0) is 43.2 Å². The summed E-state index contributed by atoms with van der Waals surface area (Å²) in [5.41, 5.74) is 1.94. The maximum atomic E-state index is 13.3. The normalized spacial score (nSPS) is 22.2. The van der Waals surface area contributed by atoms with Crippen molar-refractivity contribution < 1.29 is 4.79 Å². The second kappa shape index (κ2) is 7.07. The van der Waals surface area contributed by atoms with Gasteiger partial charge in [0.2, 0.25) is 0 Å². The highest BCUT2D eigenvalue weighted by Crippen LogP contribution is 2.32. The fourth-order valence-corrected chi connectivity index (χ4v) is 4.39. The molecule has 4 heteroatoms. The minimum Gasteiger partial charge on any atom is -0.340 e. The maximum absolute atomic E-state index is 13.3. The summed E-state index contributed by atoms with van der Waals surface area (Å²) >= 11 is 0. The van der Waals surface area contributed by atoms with Crippen LogP contribution >= 0.6 is 0 Å². The summed E-state index contributed by atoms with van der Waals surface area (Å²) < 4.78 is 2.05. The predicted octanol–water partition coefficient (Wildman–Crippen LogP) is 3.76. The van der Waals surface area contributed by atoms with E-state index >= 15 is 0 Å². The topological polar surface area (TPSA) is 28.5 Å². The molecule has 0 unspecified atom stereocenters. The van der Waals surface area contributed by atoms with E-state index in [4.69, 9.17) is 0 Å². The first-order valence-corrected chi connectivity index (χ1v) is 10.1. The molecule has 140 valence electrons. The van der Waals surface area contributed by atoms with Crippen molar-refractivity contribution in [3.63, 3.8) is 0 Å². The molecule has 1 amide bonds. The van der Waals surface area contributed by atoms with Gasteiger partial charge in [0.1, 0.15) is 5.69 Å². The van der Waals surface area contributed by atoms with Gasteiger partial charge in [-0.15, -0.1) is 0 Å². The van der Waals surface area contributed by atoms with Crippen molar-refractivity contribution in [2.75, 3.05) is 26.2 Å². The van der Waals surface area contributed by atoms with Gasteiger partial charge in [0, 0.05) is 50.2 Å². The molecule has 2 aliphatic rings. The summed E-state index contributed by atoms with van der Waals surface area (Å²) in [5.74, 6) is 1.65. The third-order valence-corrected chi connectivity index (χ3v) is 6.17. The average Bonchev–Trinajstić information content (AvgIpc) is 3.41. The molecule has 0 N–H and O–H groups in total. The molecule has 1 aliphatic carbocycles. The number of amides is 1. The quantitative estimate of drug-likeness (QED) is 0.837. The molecule has 1 saturated heterocycles. The van der Waals surface area contributed by atoms with Crippen LogP contribution in [-0.4, -0.2) is 52.5 Å². The number of hydrogen-bond donors (Lipinski definition) is 0. The zero-order chi connectivity index (χ0) is 18.3. The van der Waals surface area contributed by atoms with E-state index in [1.54, 1.807) is 0 Å². The first-order chi connectivity index (χ1) is 12.5. The van der Waals surface area contributed by atoms with Gasteiger partial charge in [-0.25, -0.2) is 0 Å². The molecule has 4 rings (SSSR count). The Bertz CT molecular complexity index is 790. The molecule has 2 heterocycles. The Balaban J connectivity index is 1.57. The summed E-state index contributed by atoms with van der Waals surface area (Å²) in [5, 5.41) is 1.14. The van der Waals surface area contributed by atoms with Crippen molar-refractivity contribution >= 4 is 16.8 Å². The zero-order valence-corrected chi connectivity index (χ0v) is 16.3. The second-order valence-electron chi connectivity index (χ2n) is 8.50. The monoisotopic (exact) mass is 353 g/mol. The van der Waals surface area contributed by atoms with Crippen LogP contribution in [0.15, 0.2) is 30.3 Å². The lowest BCUT2D eigenvalue weighted by Gasteiger charge is -2.34. The Morgan fingerprint density at radius 1 is 1.19 bits per heavy atom. The Labute approximate surface area is 156 Å². The van der Waals surface area contributed by atoms with Crippen LogP contribution in [0.2, 0.25) is 0 Å². The number of carbonyl (C=O) groups excluding carboxylic acids is 1.